The Kier molecular flexibility index (Phi) is 14.9. The fraction of sp³-hybridized carbons (Fsp3) is 0.700. The molecule has 1 heterocycles. The molecule has 0 amide bonds. The molecule has 0 radical (unpaired) electrons. The van der Waals surface area contributed by atoms with Gasteiger partial charge < -0.3 is 4.57 Å². The first-order chi connectivity index (χ1) is 15.8. The van der Waals surface area contributed by atoms with Crippen molar-refractivity contribution in [1.29, 1.82) is 0 Å². The van der Waals surface area contributed by atoms with Crippen molar-refractivity contribution in [2.75, 3.05) is 0 Å². The highest BCUT2D eigenvalue weighted by Gasteiger charge is 2.08. The van der Waals surface area contributed by atoms with Gasteiger partial charge in [0.25, 0.3) is 0 Å². The number of nitrogens with zero attached hydrogens (tertiary/aromatic N) is 2. The van der Waals surface area contributed by atoms with Gasteiger partial charge in [-0.2, -0.15) is 0 Å². The van der Waals surface area contributed by atoms with Crippen molar-refractivity contribution >= 4 is 0 Å². The van der Waals surface area contributed by atoms with E-state index in [0.717, 1.165) is 25.8 Å². The standard InChI is InChI=1S/C30H50N2/c1-3-5-7-9-10-11-12-13-14-19-26-32-27-29(31-30(32)25-18-8-6-4-2)24-20-23-28-21-16-15-17-22-28/h15-17,21-22,27H,3-14,18-20,23-26H2,1-2H3. The molecule has 180 valence electrons. The van der Waals surface area contributed by atoms with E-state index in [2.05, 4.69) is 54.9 Å². The molecule has 0 atom stereocenters. The minimum atomic E-state index is 1.10. The topological polar surface area (TPSA) is 17.8 Å². The summed E-state index contributed by atoms with van der Waals surface area (Å²) < 4.78 is 2.49. The van der Waals surface area contributed by atoms with Crippen molar-refractivity contribution in [2.45, 2.75) is 136 Å². The third-order valence-electron chi connectivity index (χ3n) is 6.66. The summed E-state index contributed by atoms with van der Waals surface area (Å²) in [7, 11) is 0. The van der Waals surface area contributed by atoms with Gasteiger partial charge in [-0.1, -0.05) is 121 Å². The van der Waals surface area contributed by atoms with E-state index in [9.17, 15) is 0 Å². The van der Waals surface area contributed by atoms with Crippen LogP contribution < -0.4 is 0 Å². The Morgan fingerprint density at radius 1 is 0.594 bits per heavy atom. The molecule has 0 aliphatic rings. The fourth-order valence-electron chi connectivity index (χ4n) is 4.62. The summed E-state index contributed by atoms with van der Waals surface area (Å²) in [6, 6.07) is 10.9. The maximum absolute atomic E-state index is 5.07. The van der Waals surface area contributed by atoms with E-state index in [0.29, 0.717) is 0 Å². The summed E-state index contributed by atoms with van der Waals surface area (Å²) in [6.45, 7) is 5.74. The molecule has 2 rings (SSSR count). The average Bonchev–Trinajstić information content (AvgIpc) is 3.20. The van der Waals surface area contributed by atoms with E-state index >= 15 is 0 Å². The summed E-state index contributed by atoms with van der Waals surface area (Å²) in [5.41, 5.74) is 2.75. The maximum atomic E-state index is 5.07. The van der Waals surface area contributed by atoms with Crippen LogP contribution in [0.15, 0.2) is 36.5 Å². The van der Waals surface area contributed by atoms with Crippen LogP contribution in [0.5, 0.6) is 0 Å². The van der Waals surface area contributed by atoms with Crippen LogP contribution in [-0.4, -0.2) is 9.55 Å². The predicted molar refractivity (Wildman–Crippen MR) is 140 cm³/mol. The summed E-state index contributed by atoms with van der Waals surface area (Å²) in [5, 5.41) is 0. The van der Waals surface area contributed by atoms with Crippen molar-refractivity contribution < 1.29 is 0 Å². The Morgan fingerprint density at radius 3 is 1.84 bits per heavy atom. The van der Waals surface area contributed by atoms with Gasteiger partial charge in [0.05, 0.1) is 5.69 Å². The molecule has 0 aliphatic heterocycles. The zero-order chi connectivity index (χ0) is 22.7. The molecular weight excluding hydrogens is 388 g/mol. The lowest BCUT2D eigenvalue weighted by Gasteiger charge is -2.08. The lowest BCUT2D eigenvalue weighted by atomic mass is 10.1. The monoisotopic (exact) mass is 438 g/mol. The van der Waals surface area contributed by atoms with Gasteiger partial charge in [0.2, 0.25) is 0 Å². The SMILES string of the molecule is CCCCCCCCCCCCn1cc(CCCc2ccccc2)nc1CCCCCC. The van der Waals surface area contributed by atoms with Crippen molar-refractivity contribution in [3.8, 4) is 0 Å². The molecule has 2 heteroatoms. The second kappa shape index (κ2) is 17.9. The van der Waals surface area contributed by atoms with Crippen LogP contribution in [0.4, 0.5) is 0 Å². The lowest BCUT2D eigenvalue weighted by molar-refractivity contribution is 0.524. The molecule has 0 fully saturated rings. The van der Waals surface area contributed by atoms with Crippen molar-refractivity contribution in [2.24, 2.45) is 0 Å². The molecule has 0 saturated heterocycles. The number of rotatable bonds is 20. The van der Waals surface area contributed by atoms with E-state index in [1.807, 2.05) is 0 Å². The van der Waals surface area contributed by atoms with Crippen LogP contribution in [0.3, 0.4) is 0 Å². The number of unbranched alkanes of at least 4 members (excludes halogenated alkanes) is 12. The summed E-state index contributed by atoms with van der Waals surface area (Å²) >= 11 is 0. The third kappa shape index (κ3) is 11.9. The van der Waals surface area contributed by atoms with E-state index in [-0.39, 0.29) is 0 Å². The Bertz CT molecular complexity index is 673. The summed E-state index contributed by atoms with van der Waals surface area (Å²) in [4.78, 5) is 5.07. The minimum absolute atomic E-state index is 1.10. The van der Waals surface area contributed by atoms with E-state index in [1.165, 1.54) is 113 Å². The van der Waals surface area contributed by atoms with E-state index in [1.54, 1.807) is 0 Å². The van der Waals surface area contributed by atoms with Gasteiger partial charge in [-0.3, -0.25) is 0 Å². The van der Waals surface area contributed by atoms with Gasteiger partial charge in [-0.15, -0.1) is 0 Å². The molecule has 1 aromatic carbocycles. The first-order valence-electron chi connectivity index (χ1n) is 13.9. The average molecular weight is 439 g/mol. The second-order valence-electron chi connectivity index (χ2n) is 9.67. The Hall–Kier alpha value is -1.57. The normalized spacial score (nSPS) is 11.3. The molecule has 0 unspecified atom stereocenters. The zero-order valence-corrected chi connectivity index (χ0v) is 21.3. The van der Waals surface area contributed by atoms with Crippen LogP contribution in [0.1, 0.15) is 127 Å². The number of hydrogen-bond donors (Lipinski definition) is 0. The van der Waals surface area contributed by atoms with Gasteiger partial charge in [0.15, 0.2) is 0 Å². The molecule has 0 bridgehead atoms. The third-order valence-corrected chi connectivity index (χ3v) is 6.66. The van der Waals surface area contributed by atoms with Gasteiger partial charge in [-0.25, -0.2) is 4.98 Å². The molecule has 0 saturated carbocycles. The predicted octanol–water partition coefficient (Wildman–Crippen LogP) is 9.10. The fourth-order valence-corrected chi connectivity index (χ4v) is 4.62. The van der Waals surface area contributed by atoms with Crippen LogP contribution in [-0.2, 0) is 25.8 Å². The molecular formula is C30H50N2. The van der Waals surface area contributed by atoms with Gasteiger partial charge >= 0.3 is 0 Å². The highest BCUT2D eigenvalue weighted by atomic mass is 15.1. The van der Waals surface area contributed by atoms with Crippen LogP contribution in [0.2, 0.25) is 0 Å². The highest BCUT2D eigenvalue weighted by Crippen LogP contribution is 2.15. The molecule has 1 aromatic heterocycles. The molecule has 0 N–H and O–H groups in total. The first-order valence-corrected chi connectivity index (χ1v) is 13.9. The van der Waals surface area contributed by atoms with Gasteiger partial charge in [0.1, 0.15) is 5.82 Å². The maximum Gasteiger partial charge on any atom is 0.108 e. The van der Waals surface area contributed by atoms with Crippen LogP contribution >= 0.6 is 0 Å². The smallest absolute Gasteiger partial charge is 0.108 e. The van der Waals surface area contributed by atoms with E-state index in [4.69, 9.17) is 4.98 Å². The number of hydrogen-bond acceptors (Lipinski definition) is 1. The molecule has 32 heavy (non-hydrogen) atoms. The molecule has 0 aliphatic carbocycles. The van der Waals surface area contributed by atoms with Crippen molar-refractivity contribution in [3.63, 3.8) is 0 Å². The van der Waals surface area contributed by atoms with E-state index < -0.39 is 0 Å². The number of aryl methyl sites for hydroxylation is 4. The number of benzene rings is 1. The second-order valence-corrected chi connectivity index (χ2v) is 9.67. The first kappa shape index (κ1) is 26.7. The number of imidazole rings is 1. The Morgan fingerprint density at radius 2 is 1.19 bits per heavy atom. The summed E-state index contributed by atoms with van der Waals surface area (Å²) in [5.74, 6) is 1.34. The van der Waals surface area contributed by atoms with Crippen LogP contribution in [0, 0.1) is 0 Å². The Labute approximate surface area is 199 Å². The zero-order valence-electron chi connectivity index (χ0n) is 21.3. The highest BCUT2D eigenvalue weighted by molar-refractivity contribution is 5.15. The molecule has 2 nitrogen and oxygen atoms in total. The molecule has 0 spiro atoms. The Balaban J connectivity index is 1.71. The summed E-state index contributed by atoms with van der Waals surface area (Å²) in [6.07, 6.45) is 26.2. The molecule has 2 aromatic rings. The minimum Gasteiger partial charge on any atom is -0.335 e. The van der Waals surface area contributed by atoms with Crippen molar-refractivity contribution in [1.82, 2.24) is 9.55 Å². The quantitative estimate of drug-likeness (QED) is 0.188. The largest absolute Gasteiger partial charge is 0.335 e. The van der Waals surface area contributed by atoms with Gasteiger partial charge in [-0.05, 0) is 37.7 Å². The van der Waals surface area contributed by atoms with Crippen LogP contribution in [0.25, 0.3) is 0 Å². The van der Waals surface area contributed by atoms with Gasteiger partial charge in [0, 0.05) is 19.2 Å². The lowest BCUT2D eigenvalue weighted by Crippen LogP contribution is -2.03. The van der Waals surface area contributed by atoms with Crippen molar-refractivity contribution in [3.05, 3.63) is 53.6 Å². The number of aromatic nitrogens is 2.